The van der Waals surface area contributed by atoms with Crippen LogP contribution in [0.15, 0.2) is 53.4 Å². The minimum absolute atomic E-state index is 0.262. The Morgan fingerprint density at radius 1 is 0.786 bits per heavy atom. The molecule has 0 unspecified atom stereocenters. The van der Waals surface area contributed by atoms with Gasteiger partial charge in [0.25, 0.3) is 0 Å². The largest absolute Gasteiger partial charge is 0.369 e. The molecule has 2 aromatic carbocycles. The summed E-state index contributed by atoms with van der Waals surface area (Å²) in [7, 11) is -3.48. The van der Waals surface area contributed by atoms with Crippen LogP contribution < -0.4 is 4.90 Å². The maximum atomic E-state index is 13.1. The summed E-state index contributed by atoms with van der Waals surface area (Å²) in [5, 5.41) is 0. The summed E-state index contributed by atoms with van der Waals surface area (Å²) in [5.74, 6) is 0.311. The fourth-order valence-corrected chi connectivity index (χ4v) is 5.76. The van der Waals surface area contributed by atoms with E-state index in [4.69, 9.17) is 0 Å². The van der Waals surface area contributed by atoms with Crippen LogP contribution in [0, 0.1) is 5.82 Å². The summed E-state index contributed by atoms with van der Waals surface area (Å²) in [4.78, 5) is 2.47. The van der Waals surface area contributed by atoms with Gasteiger partial charge in [-0.3, -0.25) is 0 Å². The average molecular weight is 403 g/mol. The minimum atomic E-state index is -3.48. The fourth-order valence-electron chi connectivity index (χ4n) is 4.34. The van der Waals surface area contributed by atoms with Gasteiger partial charge in [-0.05, 0) is 60.7 Å². The molecule has 1 aliphatic heterocycles. The van der Waals surface area contributed by atoms with Gasteiger partial charge in [0.2, 0.25) is 10.0 Å². The molecule has 4 nitrogen and oxygen atoms in total. The molecule has 2 aromatic rings. The fraction of sp³-hybridized carbons (Fsp3) is 0.455. The lowest BCUT2D eigenvalue weighted by Gasteiger charge is -2.35. The molecule has 0 amide bonds. The third kappa shape index (κ3) is 4.08. The van der Waals surface area contributed by atoms with Gasteiger partial charge in [0.1, 0.15) is 5.82 Å². The Hall–Kier alpha value is -1.92. The summed E-state index contributed by atoms with van der Waals surface area (Å²) in [5.41, 5.74) is 2.19. The quantitative estimate of drug-likeness (QED) is 0.762. The molecule has 0 spiro atoms. The van der Waals surface area contributed by atoms with Crippen LogP contribution in [-0.2, 0) is 10.0 Å². The molecule has 6 heteroatoms. The molecule has 0 bridgehead atoms. The summed E-state index contributed by atoms with van der Waals surface area (Å²) >= 11 is 0. The summed E-state index contributed by atoms with van der Waals surface area (Å²) in [6, 6.07) is 13.9. The molecule has 1 aliphatic carbocycles. The maximum absolute atomic E-state index is 13.1. The third-order valence-electron chi connectivity index (χ3n) is 6.02. The topological polar surface area (TPSA) is 40.6 Å². The van der Waals surface area contributed by atoms with Crippen LogP contribution in [0.2, 0.25) is 0 Å². The van der Waals surface area contributed by atoms with Gasteiger partial charge in [-0.1, -0.05) is 31.4 Å². The molecular weight excluding hydrogens is 375 g/mol. The van der Waals surface area contributed by atoms with Crippen LogP contribution in [0.25, 0.3) is 0 Å². The first-order valence-corrected chi connectivity index (χ1v) is 11.6. The van der Waals surface area contributed by atoms with Crippen LogP contribution in [0.1, 0.15) is 43.6 Å². The first-order chi connectivity index (χ1) is 13.5. The van der Waals surface area contributed by atoms with Gasteiger partial charge < -0.3 is 4.90 Å². The molecule has 1 saturated heterocycles. The van der Waals surface area contributed by atoms with E-state index in [-0.39, 0.29) is 5.82 Å². The molecule has 28 heavy (non-hydrogen) atoms. The van der Waals surface area contributed by atoms with Crippen molar-refractivity contribution in [3.63, 3.8) is 0 Å². The molecule has 0 N–H and O–H groups in total. The standard InChI is InChI=1S/C22H27FN2O2S/c23-20-8-10-21(11-9-20)24-14-16-25(17-15-24)28(26,27)22-12-6-19(7-13-22)18-4-2-1-3-5-18/h6-13,18H,1-5,14-17H2. The van der Waals surface area contributed by atoms with E-state index in [2.05, 4.69) is 4.90 Å². The van der Waals surface area contributed by atoms with Crippen molar-refractivity contribution in [2.45, 2.75) is 42.9 Å². The molecule has 2 fully saturated rings. The number of anilines is 1. The smallest absolute Gasteiger partial charge is 0.243 e. The van der Waals surface area contributed by atoms with Crippen LogP contribution in [0.5, 0.6) is 0 Å². The summed E-state index contributed by atoms with van der Waals surface area (Å²) in [6.45, 7) is 2.07. The Balaban J connectivity index is 1.41. The van der Waals surface area contributed by atoms with Crippen molar-refractivity contribution in [3.05, 3.63) is 59.9 Å². The highest BCUT2D eigenvalue weighted by atomic mass is 32.2. The number of halogens is 1. The van der Waals surface area contributed by atoms with Crippen molar-refractivity contribution in [1.29, 1.82) is 0 Å². The zero-order chi connectivity index (χ0) is 19.6. The SMILES string of the molecule is O=S(=O)(c1ccc(C2CCCCC2)cc1)N1CCN(c2ccc(F)cc2)CC1. The number of rotatable bonds is 4. The Labute approximate surface area is 167 Å². The van der Waals surface area contributed by atoms with Gasteiger partial charge in [-0.2, -0.15) is 4.31 Å². The molecule has 2 aliphatic rings. The number of hydrogen-bond donors (Lipinski definition) is 0. The van der Waals surface area contributed by atoms with Crippen molar-refractivity contribution in [3.8, 4) is 0 Å². The van der Waals surface area contributed by atoms with Crippen LogP contribution in [0.3, 0.4) is 0 Å². The second-order valence-corrected chi connectivity index (χ2v) is 9.71. The Morgan fingerprint density at radius 2 is 1.39 bits per heavy atom. The Kier molecular flexibility index (Phi) is 5.69. The van der Waals surface area contributed by atoms with Crippen molar-refractivity contribution >= 4 is 15.7 Å². The molecule has 0 radical (unpaired) electrons. The van der Waals surface area contributed by atoms with Crippen molar-refractivity contribution in [1.82, 2.24) is 4.31 Å². The summed E-state index contributed by atoms with van der Waals surface area (Å²) < 4.78 is 40.7. The van der Waals surface area contributed by atoms with E-state index in [1.165, 1.54) is 49.8 Å². The zero-order valence-electron chi connectivity index (χ0n) is 16.1. The third-order valence-corrected chi connectivity index (χ3v) is 7.94. The number of benzene rings is 2. The molecule has 1 heterocycles. The van der Waals surface area contributed by atoms with Gasteiger partial charge in [0.05, 0.1) is 4.90 Å². The van der Waals surface area contributed by atoms with Gasteiger partial charge in [0, 0.05) is 31.9 Å². The van der Waals surface area contributed by atoms with Gasteiger partial charge in [-0.25, -0.2) is 12.8 Å². The first-order valence-electron chi connectivity index (χ1n) is 10.1. The number of nitrogens with zero attached hydrogens (tertiary/aromatic N) is 2. The summed E-state index contributed by atoms with van der Waals surface area (Å²) in [6.07, 6.45) is 6.26. The maximum Gasteiger partial charge on any atom is 0.243 e. The number of sulfonamides is 1. The van der Waals surface area contributed by atoms with Crippen molar-refractivity contribution < 1.29 is 12.8 Å². The highest BCUT2D eigenvalue weighted by Gasteiger charge is 2.29. The van der Waals surface area contributed by atoms with Gasteiger partial charge in [-0.15, -0.1) is 0 Å². The van der Waals surface area contributed by atoms with Crippen molar-refractivity contribution in [2.24, 2.45) is 0 Å². The molecular formula is C22H27FN2O2S. The molecule has 0 aromatic heterocycles. The van der Waals surface area contributed by atoms with E-state index in [0.29, 0.717) is 37.0 Å². The second kappa shape index (κ2) is 8.21. The Morgan fingerprint density at radius 3 is 2.00 bits per heavy atom. The molecule has 4 rings (SSSR count). The predicted molar refractivity (Wildman–Crippen MR) is 110 cm³/mol. The second-order valence-electron chi connectivity index (χ2n) is 7.77. The van der Waals surface area contributed by atoms with Crippen LogP contribution in [-0.4, -0.2) is 38.9 Å². The lowest BCUT2D eigenvalue weighted by molar-refractivity contribution is 0.385. The predicted octanol–water partition coefficient (Wildman–Crippen LogP) is 4.38. The highest BCUT2D eigenvalue weighted by molar-refractivity contribution is 7.89. The Bertz CT molecular complexity index is 883. The first kappa shape index (κ1) is 19.4. The lowest BCUT2D eigenvalue weighted by atomic mass is 9.84. The zero-order valence-corrected chi connectivity index (χ0v) is 16.9. The van der Waals surface area contributed by atoms with E-state index in [1.54, 1.807) is 28.6 Å². The van der Waals surface area contributed by atoms with E-state index < -0.39 is 10.0 Å². The molecule has 0 atom stereocenters. The monoisotopic (exact) mass is 402 g/mol. The molecule has 150 valence electrons. The van der Waals surface area contributed by atoms with Gasteiger partial charge >= 0.3 is 0 Å². The van der Waals surface area contributed by atoms with Crippen LogP contribution >= 0.6 is 0 Å². The van der Waals surface area contributed by atoms with E-state index >= 15 is 0 Å². The molecule has 1 saturated carbocycles. The highest BCUT2D eigenvalue weighted by Crippen LogP contribution is 2.33. The minimum Gasteiger partial charge on any atom is -0.369 e. The van der Waals surface area contributed by atoms with E-state index in [0.717, 1.165) is 5.69 Å². The van der Waals surface area contributed by atoms with Crippen molar-refractivity contribution in [2.75, 3.05) is 31.1 Å². The normalized spacial score (nSPS) is 19.7. The number of hydrogen-bond acceptors (Lipinski definition) is 3. The average Bonchev–Trinajstić information content (AvgIpc) is 2.75. The van der Waals surface area contributed by atoms with Gasteiger partial charge in [0.15, 0.2) is 0 Å². The van der Waals surface area contributed by atoms with Crippen LogP contribution in [0.4, 0.5) is 10.1 Å². The van der Waals surface area contributed by atoms with E-state index in [9.17, 15) is 12.8 Å². The van der Waals surface area contributed by atoms with E-state index in [1.807, 2.05) is 12.1 Å². The number of piperazine rings is 1. The lowest BCUT2D eigenvalue weighted by Crippen LogP contribution is -2.48.